The van der Waals surface area contributed by atoms with Crippen LogP contribution in [0.4, 0.5) is 5.69 Å². The highest BCUT2D eigenvalue weighted by Crippen LogP contribution is 2.38. The van der Waals surface area contributed by atoms with E-state index in [0.717, 1.165) is 9.79 Å². The van der Waals surface area contributed by atoms with Crippen molar-refractivity contribution in [3.05, 3.63) is 53.6 Å². The van der Waals surface area contributed by atoms with Gasteiger partial charge in [-0.25, -0.2) is 0 Å². The van der Waals surface area contributed by atoms with Gasteiger partial charge in [0.05, 0.1) is 11.3 Å². The van der Waals surface area contributed by atoms with Gasteiger partial charge in [0, 0.05) is 41.6 Å². The molecule has 2 aromatic rings. The van der Waals surface area contributed by atoms with Crippen molar-refractivity contribution >= 4 is 41.8 Å². The minimum Gasteiger partial charge on any atom is -0.352 e. The fourth-order valence-corrected chi connectivity index (χ4v) is 3.48. The Bertz CT molecular complexity index is 911. The number of hydrogen-bond donors (Lipinski definition) is 3. The molecule has 3 rings (SSSR count). The van der Waals surface area contributed by atoms with Crippen molar-refractivity contribution in [3.63, 3.8) is 0 Å². The molecule has 0 unspecified atom stereocenters. The molecule has 8 heteroatoms. The predicted octanol–water partition coefficient (Wildman–Crippen LogP) is 2.76. The first-order chi connectivity index (χ1) is 13.2. The molecule has 138 valence electrons. The molecule has 1 aliphatic rings. The molecule has 0 aliphatic carbocycles. The third-order valence-corrected chi connectivity index (χ3v) is 4.91. The summed E-state index contributed by atoms with van der Waals surface area (Å²) in [6.07, 6.45) is 3.71. The molecule has 2 aromatic carbocycles. The Balaban J connectivity index is 1.64. The van der Waals surface area contributed by atoms with Gasteiger partial charge in [0.15, 0.2) is 0 Å². The number of aliphatic imine (C=N–C) groups is 1. The quantitative estimate of drug-likeness (QED) is 0.310. The van der Waals surface area contributed by atoms with Crippen molar-refractivity contribution in [2.75, 3.05) is 18.9 Å². The minimum absolute atomic E-state index is 0.172. The monoisotopic (exact) mass is 381 g/mol. The van der Waals surface area contributed by atoms with Gasteiger partial charge in [0.1, 0.15) is 6.34 Å². The van der Waals surface area contributed by atoms with Crippen LogP contribution in [0.15, 0.2) is 62.3 Å². The van der Waals surface area contributed by atoms with Crippen molar-refractivity contribution in [2.24, 2.45) is 10.1 Å². The number of fused-ring (bicyclic) bond motifs is 2. The Hall–Kier alpha value is -3.13. The van der Waals surface area contributed by atoms with Crippen LogP contribution in [0, 0.1) is 0 Å². The molecule has 1 heterocycles. The molecule has 0 radical (unpaired) electrons. The second kappa shape index (κ2) is 9.00. The van der Waals surface area contributed by atoms with Gasteiger partial charge in [0.2, 0.25) is 0 Å². The lowest BCUT2D eigenvalue weighted by Gasteiger charge is -2.09. The molecule has 1 aliphatic heterocycles. The molecule has 2 amide bonds. The lowest BCUT2D eigenvalue weighted by molar-refractivity contribution is 0.0953. The molecule has 0 spiro atoms. The summed E-state index contributed by atoms with van der Waals surface area (Å²) in [5.41, 5.74) is 4.39. The van der Waals surface area contributed by atoms with E-state index in [1.54, 1.807) is 31.5 Å². The summed E-state index contributed by atoms with van der Waals surface area (Å²) in [6.45, 7) is 0.455. The van der Waals surface area contributed by atoms with E-state index in [1.807, 2.05) is 24.3 Å². The zero-order valence-electron chi connectivity index (χ0n) is 14.7. The summed E-state index contributed by atoms with van der Waals surface area (Å²) in [6, 6.07) is 12.8. The van der Waals surface area contributed by atoms with Gasteiger partial charge in [-0.05, 0) is 30.3 Å². The lowest BCUT2D eigenvalue weighted by atomic mass is 10.1. The number of anilines is 1. The molecule has 0 aromatic heterocycles. The van der Waals surface area contributed by atoms with E-state index in [4.69, 9.17) is 0 Å². The van der Waals surface area contributed by atoms with Crippen LogP contribution in [0.25, 0.3) is 0 Å². The molecular formula is C19H19N5O2S. The average molecular weight is 381 g/mol. The summed E-state index contributed by atoms with van der Waals surface area (Å²) in [7, 11) is 1.64. The Kier molecular flexibility index (Phi) is 6.22. The van der Waals surface area contributed by atoms with E-state index < -0.39 is 0 Å². The fourth-order valence-electron chi connectivity index (χ4n) is 2.47. The van der Waals surface area contributed by atoms with E-state index in [0.29, 0.717) is 29.8 Å². The first-order valence-corrected chi connectivity index (χ1v) is 9.19. The maximum atomic E-state index is 12.4. The van der Waals surface area contributed by atoms with Gasteiger partial charge in [-0.3, -0.25) is 20.0 Å². The van der Waals surface area contributed by atoms with Gasteiger partial charge in [-0.1, -0.05) is 23.9 Å². The zero-order chi connectivity index (χ0) is 19.1. The molecule has 0 bridgehead atoms. The lowest BCUT2D eigenvalue weighted by Crippen LogP contribution is -2.25. The first kappa shape index (κ1) is 18.7. The highest BCUT2D eigenvalue weighted by Gasteiger charge is 2.20. The normalized spacial score (nSPS) is 13.0. The standard InChI is InChI=1S/C19H19N5O2S/c1-20-12-23-22-10-4-9-21-18(25)13-7-8-17-15(11-13)24-19(26)14-5-2-3-6-16(14)27-17/h2-3,5-8,10-12H,4,9H2,1H3,(H,20,23)(H,21,25)(H,24,26)/b22-10+. The Morgan fingerprint density at radius 3 is 2.93 bits per heavy atom. The Morgan fingerprint density at radius 1 is 1.22 bits per heavy atom. The fraction of sp³-hybridized carbons (Fsp3) is 0.158. The topological polar surface area (TPSA) is 94.9 Å². The number of carbonyl (C=O) groups excluding carboxylic acids is 2. The van der Waals surface area contributed by atoms with Crippen molar-refractivity contribution in [1.82, 2.24) is 10.7 Å². The van der Waals surface area contributed by atoms with Crippen LogP contribution in [-0.4, -0.2) is 38.0 Å². The Labute approximate surface area is 161 Å². The smallest absolute Gasteiger partial charge is 0.256 e. The molecule has 0 fully saturated rings. The molecular weight excluding hydrogens is 362 g/mol. The summed E-state index contributed by atoms with van der Waals surface area (Å²) in [5.74, 6) is -0.371. The molecule has 0 saturated carbocycles. The van der Waals surface area contributed by atoms with Crippen LogP contribution in [0.1, 0.15) is 27.1 Å². The van der Waals surface area contributed by atoms with Crippen LogP contribution in [0.3, 0.4) is 0 Å². The van der Waals surface area contributed by atoms with Gasteiger partial charge in [-0.2, -0.15) is 5.10 Å². The van der Waals surface area contributed by atoms with E-state index in [1.165, 1.54) is 18.1 Å². The largest absolute Gasteiger partial charge is 0.352 e. The molecule has 7 nitrogen and oxygen atoms in total. The van der Waals surface area contributed by atoms with E-state index in [-0.39, 0.29) is 11.8 Å². The summed E-state index contributed by atoms with van der Waals surface area (Å²) >= 11 is 1.51. The number of hydrogen-bond acceptors (Lipinski definition) is 5. The van der Waals surface area contributed by atoms with Crippen LogP contribution in [0.5, 0.6) is 0 Å². The first-order valence-electron chi connectivity index (χ1n) is 8.37. The number of rotatable bonds is 6. The third-order valence-electron chi connectivity index (χ3n) is 3.75. The van der Waals surface area contributed by atoms with Gasteiger partial charge < -0.3 is 10.6 Å². The average Bonchev–Trinajstić information content (AvgIpc) is 2.82. The van der Waals surface area contributed by atoms with Crippen molar-refractivity contribution in [1.29, 1.82) is 0 Å². The number of benzene rings is 2. The van der Waals surface area contributed by atoms with Gasteiger partial charge in [0.25, 0.3) is 11.8 Å². The van der Waals surface area contributed by atoms with Gasteiger partial charge >= 0.3 is 0 Å². The van der Waals surface area contributed by atoms with Crippen molar-refractivity contribution in [3.8, 4) is 0 Å². The SMILES string of the molecule is CN=CN/N=C/CCNC(=O)c1ccc2c(c1)NC(=O)c1ccccc1S2. The van der Waals surface area contributed by atoms with E-state index in [9.17, 15) is 9.59 Å². The van der Waals surface area contributed by atoms with E-state index >= 15 is 0 Å². The molecule has 27 heavy (non-hydrogen) atoms. The molecule has 0 atom stereocenters. The summed E-state index contributed by atoms with van der Waals surface area (Å²) < 4.78 is 0. The maximum Gasteiger partial charge on any atom is 0.256 e. The van der Waals surface area contributed by atoms with E-state index in [2.05, 4.69) is 26.2 Å². The second-order valence-corrected chi connectivity index (χ2v) is 6.72. The predicted molar refractivity (Wildman–Crippen MR) is 108 cm³/mol. The molecule has 0 saturated heterocycles. The number of nitrogens with zero attached hydrogens (tertiary/aromatic N) is 2. The van der Waals surface area contributed by atoms with Crippen LogP contribution in [0.2, 0.25) is 0 Å². The number of hydrazone groups is 1. The van der Waals surface area contributed by atoms with Crippen molar-refractivity contribution < 1.29 is 9.59 Å². The third kappa shape index (κ3) is 4.73. The Morgan fingerprint density at radius 2 is 2.07 bits per heavy atom. The molecule has 3 N–H and O–H groups in total. The summed E-state index contributed by atoms with van der Waals surface area (Å²) in [4.78, 5) is 30.3. The van der Waals surface area contributed by atoms with Crippen LogP contribution in [-0.2, 0) is 0 Å². The zero-order valence-corrected chi connectivity index (χ0v) is 15.5. The van der Waals surface area contributed by atoms with Crippen LogP contribution < -0.4 is 16.1 Å². The maximum absolute atomic E-state index is 12.4. The minimum atomic E-state index is -0.199. The highest BCUT2D eigenvalue weighted by molar-refractivity contribution is 7.99. The van der Waals surface area contributed by atoms with Crippen LogP contribution >= 0.6 is 11.8 Å². The number of amides is 2. The van der Waals surface area contributed by atoms with Crippen molar-refractivity contribution in [2.45, 2.75) is 16.2 Å². The second-order valence-electron chi connectivity index (χ2n) is 5.64. The van der Waals surface area contributed by atoms with Gasteiger partial charge in [-0.15, -0.1) is 0 Å². The number of nitrogens with one attached hydrogen (secondary N) is 3. The number of carbonyl (C=O) groups is 2. The summed E-state index contributed by atoms with van der Waals surface area (Å²) in [5, 5.41) is 9.62. The highest BCUT2D eigenvalue weighted by atomic mass is 32.2.